The second-order valence-electron chi connectivity index (χ2n) is 9.31. The molecule has 4 nitrogen and oxygen atoms in total. The van der Waals surface area contributed by atoms with Gasteiger partial charge in [0.15, 0.2) is 11.6 Å². The maximum Gasteiger partial charge on any atom is 0.168 e. The highest BCUT2D eigenvalue weighted by Crippen LogP contribution is 2.54. The van der Waals surface area contributed by atoms with Crippen LogP contribution in [0.2, 0.25) is 0 Å². The first kappa shape index (κ1) is 20.6. The zero-order valence-corrected chi connectivity index (χ0v) is 18.5. The summed E-state index contributed by atoms with van der Waals surface area (Å²) in [6.45, 7) is 5.68. The van der Waals surface area contributed by atoms with E-state index < -0.39 is 0 Å². The normalized spacial score (nSPS) is 26.3. The summed E-state index contributed by atoms with van der Waals surface area (Å²) in [5.41, 5.74) is 5.40. The fourth-order valence-corrected chi connectivity index (χ4v) is 6.04. The summed E-state index contributed by atoms with van der Waals surface area (Å²) in [4.78, 5) is 17.4. The molecule has 2 aromatic rings. The van der Waals surface area contributed by atoms with Crippen molar-refractivity contribution in [1.29, 1.82) is 0 Å². The molecule has 5 rings (SSSR count). The van der Waals surface area contributed by atoms with Crippen LogP contribution in [0.3, 0.4) is 0 Å². The van der Waals surface area contributed by atoms with Gasteiger partial charge in [0, 0.05) is 36.7 Å². The van der Waals surface area contributed by atoms with Crippen LogP contribution >= 0.6 is 0 Å². The van der Waals surface area contributed by atoms with Crippen LogP contribution in [0.5, 0.6) is 0 Å². The van der Waals surface area contributed by atoms with Crippen molar-refractivity contribution in [3.63, 3.8) is 0 Å². The van der Waals surface area contributed by atoms with Crippen LogP contribution in [-0.4, -0.2) is 29.8 Å². The van der Waals surface area contributed by atoms with Gasteiger partial charge in [0.25, 0.3) is 0 Å². The van der Waals surface area contributed by atoms with Crippen molar-refractivity contribution in [3.05, 3.63) is 70.6 Å². The molecular weight excluding hydrogens is 386 g/mol. The molecule has 2 aliphatic carbocycles. The van der Waals surface area contributed by atoms with Crippen LogP contribution in [0.25, 0.3) is 6.08 Å². The summed E-state index contributed by atoms with van der Waals surface area (Å²) < 4.78 is 12.1. The molecule has 1 aromatic heterocycles. The standard InChI is InChI=1S/C27H31NO3/c1-3-26-11-12-27(30-14-15-31-27)18-23(26)8-4-6-21-16-22(9-10-24(21)26)25(29)17-20-7-5-13-28-19(20)2/h4-7,9-10,13,16,23H,3,8,11-12,14-15,17-18H2,1-2H3/t23-,26+/m0/s1. The molecule has 3 aliphatic rings. The van der Waals surface area contributed by atoms with E-state index in [1.165, 1.54) is 11.1 Å². The second-order valence-corrected chi connectivity index (χ2v) is 9.31. The zero-order chi connectivity index (χ0) is 21.5. The smallest absolute Gasteiger partial charge is 0.168 e. The maximum atomic E-state index is 13.1. The number of hydrogen-bond acceptors (Lipinski definition) is 4. The number of ether oxygens (including phenoxy) is 2. The van der Waals surface area contributed by atoms with Gasteiger partial charge in [-0.3, -0.25) is 9.78 Å². The van der Waals surface area contributed by atoms with E-state index in [-0.39, 0.29) is 17.0 Å². The Hall–Kier alpha value is -2.30. The van der Waals surface area contributed by atoms with Crippen molar-refractivity contribution in [2.24, 2.45) is 5.92 Å². The van der Waals surface area contributed by atoms with E-state index in [0.717, 1.165) is 48.9 Å². The third-order valence-electron chi connectivity index (χ3n) is 7.83. The number of ketones is 1. The number of fused-ring (bicyclic) bond motifs is 3. The quantitative estimate of drug-likeness (QED) is 0.623. The Kier molecular flexibility index (Phi) is 5.31. The minimum atomic E-state index is -0.376. The first-order valence-corrected chi connectivity index (χ1v) is 11.6. The highest BCUT2D eigenvalue weighted by atomic mass is 16.7. The van der Waals surface area contributed by atoms with Crippen molar-refractivity contribution in [2.45, 2.75) is 63.6 Å². The summed E-state index contributed by atoms with van der Waals surface area (Å²) in [5, 5.41) is 0. The van der Waals surface area contributed by atoms with E-state index in [1.807, 2.05) is 25.1 Å². The first-order chi connectivity index (χ1) is 15.1. The van der Waals surface area contributed by atoms with Gasteiger partial charge in [0.1, 0.15) is 0 Å². The van der Waals surface area contributed by atoms with Crippen LogP contribution in [0.15, 0.2) is 42.6 Å². The number of carbonyl (C=O) groups is 1. The Morgan fingerprint density at radius 1 is 1.19 bits per heavy atom. The molecule has 0 bridgehead atoms. The van der Waals surface area contributed by atoms with Gasteiger partial charge in [0.2, 0.25) is 0 Å². The molecule has 2 fully saturated rings. The number of carbonyl (C=O) groups excluding carboxylic acids is 1. The van der Waals surface area contributed by atoms with Crippen LogP contribution in [0.4, 0.5) is 0 Å². The third kappa shape index (κ3) is 3.56. The molecule has 1 spiro atoms. The topological polar surface area (TPSA) is 48.4 Å². The number of Topliss-reactive ketones (excluding diaryl/α,β-unsaturated/α-hetero) is 1. The molecule has 2 atom stereocenters. The highest BCUT2D eigenvalue weighted by Gasteiger charge is 2.52. The van der Waals surface area contributed by atoms with Crippen LogP contribution in [0, 0.1) is 12.8 Å². The van der Waals surface area contributed by atoms with E-state index in [9.17, 15) is 4.79 Å². The van der Waals surface area contributed by atoms with E-state index in [0.29, 0.717) is 25.6 Å². The van der Waals surface area contributed by atoms with Gasteiger partial charge in [-0.15, -0.1) is 0 Å². The van der Waals surface area contributed by atoms with Crippen molar-refractivity contribution >= 4 is 11.9 Å². The Morgan fingerprint density at radius 3 is 2.81 bits per heavy atom. The number of hydrogen-bond donors (Lipinski definition) is 0. The van der Waals surface area contributed by atoms with Gasteiger partial charge in [0.05, 0.1) is 13.2 Å². The lowest BCUT2D eigenvalue weighted by molar-refractivity contribution is -0.198. The molecule has 1 saturated carbocycles. The molecule has 0 unspecified atom stereocenters. The molecular formula is C27H31NO3. The fraction of sp³-hybridized carbons (Fsp3) is 0.481. The Morgan fingerprint density at radius 2 is 2.03 bits per heavy atom. The molecule has 2 heterocycles. The Balaban J connectivity index is 1.46. The summed E-state index contributed by atoms with van der Waals surface area (Å²) in [6, 6.07) is 10.2. The summed E-state index contributed by atoms with van der Waals surface area (Å²) in [7, 11) is 0. The number of allylic oxidation sites excluding steroid dienone is 1. The average Bonchev–Trinajstić information content (AvgIpc) is 3.17. The largest absolute Gasteiger partial charge is 0.348 e. The maximum absolute atomic E-state index is 13.1. The summed E-state index contributed by atoms with van der Waals surface area (Å²) in [5.74, 6) is 0.259. The Labute approximate surface area is 184 Å². The van der Waals surface area contributed by atoms with Crippen molar-refractivity contribution in [2.75, 3.05) is 13.2 Å². The Bertz CT molecular complexity index is 1020. The zero-order valence-electron chi connectivity index (χ0n) is 18.5. The molecule has 1 saturated heterocycles. The fourth-order valence-electron chi connectivity index (χ4n) is 6.04. The predicted octanol–water partition coefficient (Wildman–Crippen LogP) is 5.42. The minimum Gasteiger partial charge on any atom is -0.348 e. The van der Waals surface area contributed by atoms with Crippen LogP contribution in [0.1, 0.15) is 71.8 Å². The minimum absolute atomic E-state index is 0.112. The highest BCUT2D eigenvalue weighted by molar-refractivity contribution is 5.98. The molecule has 0 radical (unpaired) electrons. The lowest BCUT2D eigenvalue weighted by Crippen LogP contribution is -2.48. The number of aryl methyl sites for hydroxylation is 1. The predicted molar refractivity (Wildman–Crippen MR) is 121 cm³/mol. The van der Waals surface area contributed by atoms with Gasteiger partial charge in [-0.2, -0.15) is 0 Å². The molecule has 162 valence electrons. The van der Waals surface area contributed by atoms with Gasteiger partial charge in [-0.25, -0.2) is 0 Å². The SMILES string of the molecule is CC[C@@]12CCC3(C[C@@H]1CC=Cc1cc(C(=O)Cc4cccnc4C)ccc12)OCCO3. The first-order valence-electron chi connectivity index (χ1n) is 11.6. The number of aromatic nitrogens is 1. The van der Waals surface area contributed by atoms with Crippen molar-refractivity contribution < 1.29 is 14.3 Å². The van der Waals surface area contributed by atoms with Gasteiger partial charge in [-0.05, 0) is 66.3 Å². The molecule has 0 amide bonds. The van der Waals surface area contributed by atoms with Gasteiger partial charge >= 0.3 is 0 Å². The lowest BCUT2D eigenvalue weighted by Gasteiger charge is -2.49. The summed E-state index contributed by atoms with van der Waals surface area (Å²) >= 11 is 0. The van der Waals surface area contributed by atoms with E-state index >= 15 is 0 Å². The summed E-state index contributed by atoms with van der Waals surface area (Å²) in [6.07, 6.45) is 11.7. The van der Waals surface area contributed by atoms with E-state index in [4.69, 9.17) is 9.47 Å². The average molecular weight is 418 g/mol. The number of rotatable bonds is 4. The van der Waals surface area contributed by atoms with E-state index in [2.05, 4.69) is 36.2 Å². The lowest BCUT2D eigenvalue weighted by atomic mass is 9.58. The molecule has 31 heavy (non-hydrogen) atoms. The van der Waals surface area contributed by atoms with Gasteiger partial charge in [-0.1, -0.05) is 37.3 Å². The molecule has 4 heteroatoms. The second kappa shape index (κ2) is 7.99. The monoisotopic (exact) mass is 417 g/mol. The molecule has 0 N–H and O–H groups in total. The molecule has 1 aliphatic heterocycles. The number of nitrogens with zero attached hydrogens (tertiary/aromatic N) is 1. The van der Waals surface area contributed by atoms with Crippen molar-refractivity contribution in [3.8, 4) is 0 Å². The van der Waals surface area contributed by atoms with Crippen LogP contribution in [-0.2, 0) is 21.3 Å². The van der Waals surface area contributed by atoms with Gasteiger partial charge < -0.3 is 9.47 Å². The number of pyridine rings is 1. The number of benzene rings is 1. The van der Waals surface area contributed by atoms with Crippen LogP contribution < -0.4 is 0 Å². The van der Waals surface area contributed by atoms with Crippen molar-refractivity contribution in [1.82, 2.24) is 4.98 Å². The third-order valence-corrected chi connectivity index (χ3v) is 7.83. The van der Waals surface area contributed by atoms with E-state index in [1.54, 1.807) is 6.20 Å². The molecule has 1 aromatic carbocycles.